The van der Waals surface area contributed by atoms with E-state index in [1.54, 1.807) is 0 Å². The van der Waals surface area contributed by atoms with Gasteiger partial charge in [-0.3, -0.25) is 0 Å². The van der Waals surface area contributed by atoms with Crippen LogP contribution in [-0.2, 0) is 4.74 Å². The molecule has 22 heavy (non-hydrogen) atoms. The summed E-state index contributed by atoms with van der Waals surface area (Å²) in [5, 5.41) is 0. The summed E-state index contributed by atoms with van der Waals surface area (Å²) in [4.78, 5) is 12.7. The maximum absolute atomic E-state index is 12.7. The highest BCUT2D eigenvalue weighted by Gasteiger charge is 2.57. The molecule has 1 aromatic carbocycles. The molecule has 0 aliphatic heterocycles. The lowest BCUT2D eigenvalue weighted by atomic mass is 9.50. The van der Waals surface area contributed by atoms with Crippen molar-refractivity contribution in [3.8, 4) is 0 Å². The van der Waals surface area contributed by atoms with Gasteiger partial charge in [0.1, 0.15) is 5.60 Å². The van der Waals surface area contributed by atoms with Gasteiger partial charge in [-0.05, 0) is 80.9 Å². The second-order valence-electron chi connectivity index (χ2n) is 7.54. The number of esters is 1. The summed E-state index contributed by atoms with van der Waals surface area (Å²) in [5.41, 5.74) is 0.357. The van der Waals surface area contributed by atoms with E-state index in [4.69, 9.17) is 4.74 Å². The highest BCUT2D eigenvalue weighted by molar-refractivity contribution is 9.11. The molecule has 4 heteroatoms. The molecule has 0 N–H and O–H groups in total. The topological polar surface area (TPSA) is 26.3 Å². The average Bonchev–Trinajstić information content (AvgIpc) is 2.43. The van der Waals surface area contributed by atoms with Crippen molar-refractivity contribution in [3.63, 3.8) is 0 Å². The maximum Gasteiger partial charge on any atom is 0.338 e. The first kappa shape index (κ1) is 15.2. The molecule has 1 aromatic rings. The van der Waals surface area contributed by atoms with Crippen LogP contribution in [0.25, 0.3) is 0 Å². The molecular formula is C18H20Br2O2. The molecule has 4 aliphatic carbocycles. The minimum atomic E-state index is -0.265. The van der Waals surface area contributed by atoms with Gasteiger partial charge in [0, 0.05) is 8.95 Å². The smallest absolute Gasteiger partial charge is 0.338 e. The highest BCUT2D eigenvalue weighted by Crippen LogP contribution is 2.59. The number of carbonyl (C=O) groups is 1. The third kappa shape index (κ3) is 2.47. The predicted octanol–water partition coefficient (Wildman–Crippen LogP) is 5.58. The van der Waals surface area contributed by atoms with Crippen LogP contribution in [0.2, 0.25) is 0 Å². The molecule has 0 saturated heterocycles. The van der Waals surface area contributed by atoms with Gasteiger partial charge in [-0.1, -0.05) is 31.9 Å². The Balaban J connectivity index is 1.58. The summed E-state index contributed by atoms with van der Waals surface area (Å²) in [6, 6.07) is 5.61. The number of benzene rings is 1. The molecule has 4 saturated carbocycles. The number of halogens is 2. The standard InChI is InChI=1S/C18H20Br2O2/c1-18(13-3-10-2-11(5-13)6-14(18)4-10)22-17(21)12-7-15(19)9-16(20)8-12/h7-11,13-14H,2-6H2,1H3. The molecule has 0 aromatic heterocycles. The zero-order chi connectivity index (χ0) is 15.5. The Morgan fingerprint density at radius 3 is 2.00 bits per heavy atom. The summed E-state index contributed by atoms with van der Waals surface area (Å²) in [5.74, 6) is 2.70. The van der Waals surface area contributed by atoms with Crippen molar-refractivity contribution in [2.75, 3.05) is 0 Å². The van der Waals surface area contributed by atoms with Crippen LogP contribution < -0.4 is 0 Å². The first-order chi connectivity index (χ1) is 10.4. The molecule has 0 spiro atoms. The molecular weight excluding hydrogens is 408 g/mol. The fourth-order valence-electron chi connectivity index (χ4n) is 5.22. The molecule has 0 radical (unpaired) electrons. The zero-order valence-corrected chi connectivity index (χ0v) is 15.8. The van der Waals surface area contributed by atoms with E-state index in [2.05, 4.69) is 38.8 Å². The van der Waals surface area contributed by atoms with Crippen molar-refractivity contribution >= 4 is 37.8 Å². The molecule has 0 amide bonds. The Morgan fingerprint density at radius 2 is 1.50 bits per heavy atom. The van der Waals surface area contributed by atoms with Gasteiger partial charge in [-0.25, -0.2) is 4.79 Å². The average molecular weight is 428 g/mol. The van der Waals surface area contributed by atoms with Crippen LogP contribution in [0.15, 0.2) is 27.1 Å². The van der Waals surface area contributed by atoms with E-state index in [0.717, 1.165) is 20.8 Å². The van der Waals surface area contributed by atoms with Crippen LogP contribution in [0.5, 0.6) is 0 Å². The zero-order valence-electron chi connectivity index (χ0n) is 12.6. The summed E-state index contributed by atoms with van der Waals surface area (Å²) in [6.07, 6.45) is 6.41. The Morgan fingerprint density at radius 1 is 1.00 bits per heavy atom. The summed E-state index contributed by atoms with van der Waals surface area (Å²) < 4.78 is 7.92. The van der Waals surface area contributed by atoms with E-state index in [9.17, 15) is 4.79 Å². The summed E-state index contributed by atoms with van der Waals surface area (Å²) in [7, 11) is 0. The summed E-state index contributed by atoms with van der Waals surface area (Å²) in [6.45, 7) is 2.19. The van der Waals surface area contributed by atoms with Crippen molar-refractivity contribution in [2.45, 2.75) is 44.6 Å². The van der Waals surface area contributed by atoms with E-state index < -0.39 is 0 Å². The number of carbonyl (C=O) groups excluding carboxylic acids is 1. The molecule has 4 aliphatic rings. The lowest BCUT2D eigenvalue weighted by Gasteiger charge is -2.59. The van der Waals surface area contributed by atoms with E-state index >= 15 is 0 Å². The van der Waals surface area contributed by atoms with Crippen LogP contribution in [0.3, 0.4) is 0 Å². The van der Waals surface area contributed by atoms with Gasteiger partial charge < -0.3 is 4.74 Å². The second kappa shape index (κ2) is 5.34. The van der Waals surface area contributed by atoms with Gasteiger partial charge in [-0.2, -0.15) is 0 Å². The monoisotopic (exact) mass is 426 g/mol. The fraction of sp³-hybridized carbons (Fsp3) is 0.611. The normalized spacial score (nSPS) is 39.0. The van der Waals surface area contributed by atoms with Gasteiger partial charge in [-0.15, -0.1) is 0 Å². The van der Waals surface area contributed by atoms with Crippen molar-refractivity contribution in [3.05, 3.63) is 32.7 Å². The molecule has 5 rings (SSSR count). The molecule has 2 nitrogen and oxygen atoms in total. The molecule has 0 unspecified atom stereocenters. The van der Waals surface area contributed by atoms with Crippen molar-refractivity contribution in [1.82, 2.24) is 0 Å². The Hall–Kier alpha value is -0.350. The van der Waals surface area contributed by atoms with Gasteiger partial charge in [0.15, 0.2) is 0 Å². The molecule has 4 bridgehead atoms. The van der Waals surface area contributed by atoms with Gasteiger partial charge in [0.25, 0.3) is 0 Å². The largest absolute Gasteiger partial charge is 0.455 e. The van der Waals surface area contributed by atoms with Gasteiger partial charge >= 0.3 is 5.97 Å². The van der Waals surface area contributed by atoms with Crippen LogP contribution in [0.1, 0.15) is 49.4 Å². The van der Waals surface area contributed by atoms with Crippen LogP contribution >= 0.6 is 31.9 Å². The first-order valence-electron chi connectivity index (χ1n) is 8.13. The van der Waals surface area contributed by atoms with E-state index in [-0.39, 0.29) is 11.6 Å². The van der Waals surface area contributed by atoms with Crippen molar-refractivity contribution in [2.24, 2.45) is 23.7 Å². The number of hydrogen-bond donors (Lipinski definition) is 0. The third-order valence-electron chi connectivity index (χ3n) is 6.17. The highest BCUT2D eigenvalue weighted by atomic mass is 79.9. The molecule has 4 fully saturated rings. The number of rotatable bonds is 2. The molecule has 0 heterocycles. The Bertz CT molecular complexity index is 577. The van der Waals surface area contributed by atoms with Crippen molar-refractivity contribution < 1.29 is 9.53 Å². The minimum absolute atomic E-state index is 0.183. The lowest BCUT2D eigenvalue weighted by Crippen LogP contribution is -2.58. The van der Waals surface area contributed by atoms with Crippen LogP contribution in [0, 0.1) is 23.7 Å². The second-order valence-corrected chi connectivity index (χ2v) is 9.37. The van der Waals surface area contributed by atoms with Crippen molar-refractivity contribution in [1.29, 1.82) is 0 Å². The fourth-order valence-corrected chi connectivity index (χ4v) is 6.51. The number of hydrogen-bond acceptors (Lipinski definition) is 2. The lowest BCUT2D eigenvalue weighted by molar-refractivity contribution is -0.165. The van der Waals surface area contributed by atoms with Crippen LogP contribution in [-0.4, -0.2) is 11.6 Å². The number of ether oxygens (including phenoxy) is 1. The van der Waals surface area contributed by atoms with E-state index in [1.165, 1.54) is 32.1 Å². The third-order valence-corrected chi connectivity index (χ3v) is 7.09. The van der Waals surface area contributed by atoms with Gasteiger partial charge in [0.05, 0.1) is 5.56 Å². The predicted molar refractivity (Wildman–Crippen MR) is 92.7 cm³/mol. The minimum Gasteiger partial charge on any atom is -0.455 e. The quantitative estimate of drug-likeness (QED) is 0.575. The summed E-state index contributed by atoms with van der Waals surface area (Å²) >= 11 is 6.89. The molecule has 118 valence electrons. The Labute approximate surface area is 148 Å². The Kier molecular flexibility index (Phi) is 3.69. The van der Waals surface area contributed by atoms with Gasteiger partial charge in [0.2, 0.25) is 0 Å². The van der Waals surface area contributed by atoms with E-state index in [1.807, 2.05) is 18.2 Å². The first-order valence-corrected chi connectivity index (χ1v) is 9.72. The van der Waals surface area contributed by atoms with Crippen LogP contribution in [0.4, 0.5) is 0 Å². The molecule has 0 atom stereocenters. The maximum atomic E-state index is 12.7. The van der Waals surface area contributed by atoms with E-state index in [0.29, 0.717) is 17.4 Å². The SMILES string of the molecule is CC1(OC(=O)c2cc(Br)cc(Br)c2)C2CC3CC(C2)CC1C3.